The van der Waals surface area contributed by atoms with Gasteiger partial charge in [0.1, 0.15) is 23.4 Å². The van der Waals surface area contributed by atoms with Crippen LogP contribution in [0.5, 0.6) is 0 Å². The molecule has 30 heavy (non-hydrogen) atoms. The number of para-hydroxylation sites is 1. The minimum atomic E-state index is -3.50. The van der Waals surface area contributed by atoms with Crippen LogP contribution in [-0.2, 0) is 26.9 Å². The number of hydrogen-bond donors (Lipinski definition) is 1. The number of sulfone groups is 1. The van der Waals surface area contributed by atoms with Gasteiger partial charge < -0.3 is 9.88 Å². The molecular weight excluding hydrogens is 420 g/mol. The zero-order valence-electron chi connectivity index (χ0n) is 15.6. The number of thiazole rings is 1. The van der Waals surface area contributed by atoms with Gasteiger partial charge in [0.2, 0.25) is 5.91 Å². The van der Waals surface area contributed by atoms with E-state index in [2.05, 4.69) is 16.4 Å². The molecule has 150 valence electrons. The first-order chi connectivity index (χ1) is 14.5. The summed E-state index contributed by atoms with van der Waals surface area (Å²) in [5.74, 6) is -0.434. The van der Waals surface area contributed by atoms with Crippen LogP contribution in [-0.4, -0.2) is 23.9 Å². The molecule has 4 aromatic rings. The fraction of sp³-hybridized carbons (Fsp3) is 0.0952. The van der Waals surface area contributed by atoms with E-state index < -0.39 is 9.84 Å². The maximum atomic E-state index is 12.5. The van der Waals surface area contributed by atoms with Crippen LogP contribution in [0.25, 0.3) is 10.9 Å². The number of benzene rings is 2. The Morgan fingerprint density at radius 2 is 1.93 bits per heavy atom. The van der Waals surface area contributed by atoms with Crippen molar-refractivity contribution in [2.45, 2.75) is 17.2 Å². The Balaban J connectivity index is 1.46. The number of nitriles is 1. The van der Waals surface area contributed by atoms with Gasteiger partial charge in [0.15, 0.2) is 9.84 Å². The van der Waals surface area contributed by atoms with Gasteiger partial charge in [-0.15, -0.1) is 11.3 Å². The molecule has 1 amide bonds. The van der Waals surface area contributed by atoms with Crippen LogP contribution >= 0.6 is 11.3 Å². The van der Waals surface area contributed by atoms with E-state index in [4.69, 9.17) is 0 Å². The van der Waals surface area contributed by atoms with Crippen molar-refractivity contribution < 1.29 is 13.2 Å². The molecule has 4 rings (SSSR count). The molecule has 0 aliphatic rings. The molecule has 2 heterocycles. The summed E-state index contributed by atoms with van der Waals surface area (Å²) < 4.78 is 26.7. The van der Waals surface area contributed by atoms with Crippen LogP contribution in [0.1, 0.15) is 10.6 Å². The van der Waals surface area contributed by atoms with Crippen molar-refractivity contribution in [1.82, 2.24) is 9.55 Å². The number of hydrogen-bond acceptors (Lipinski definition) is 6. The van der Waals surface area contributed by atoms with Crippen LogP contribution in [0.2, 0.25) is 0 Å². The Morgan fingerprint density at radius 3 is 2.63 bits per heavy atom. The summed E-state index contributed by atoms with van der Waals surface area (Å²) in [6.07, 6.45) is 3.22. The van der Waals surface area contributed by atoms with Gasteiger partial charge in [0.05, 0.1) is 10.5 Å². The number of anilines is 1. The van der Waals surface area contributed by atoms with E-state index in [-0.39, 0.29) is 23.1 Å². The van der Waals surface area contributed by atoms with Crippen molar-refractivity contribution in [2.24, 2.45) is 0 Å². The summed E-state index contributed by atoms with van der Waals surface area (Å²) in [5.41, 5.74) is 1.80. The Kier molecular flexibility index (Phi) is 5.35. The van der Waals surface area contributed by atoms with E-state index in [1.165, 1.54) is 23.5 Å². The predicted octanol–water partition coefficient (Wildman–Crippen LogP) is 3.58. The molecule has 7 nitrogen and oxygen atoms in total. The first kappa shape index (κ1) is 19.8. The molecule has 0 radical (unpaired) electrons. The Morgan fingerprint density at radius 1 is 1.17 bits per heavy atom. The third-order valence-corrected chi connectivity index (χ3v) is 7.12. The lowest BCUT2D eigenvalue weighted by atomic mass is 10.2. The molecule has 0 aliphatic heterocycles. The van der Waals surface area contributed by atoms with E-state index in [0.29, 0.717) is 16.3 Å². The number of nitrogens with zero attached hydrogens (tertiary/aromatic N) is 3. The summed E-state index contributed by atoms with van der Waals surface area (Å²) in [6, 6.07) is 15.6. The van der Waals surface area contributed by atoms with Gasteiger partial charge >= 0.3 is 0 Å². The fourth-order valence-corrected chi connectivity index (χ4v) is 5.39. The van der Waals surface area contributed by atoms with Gasteiger partial charge in [-0.1, -0.05) is 18.2 Å². The highest BCUT2D eigenvalue weighted by Crippen LogP contribution is 2.22. The predicted molar refractivity (Wildman–Crippen MR) is 115 cm³/mol. The first-order valence-electron chi connectivity index (χ1n) is 8.95. The number of rotatable bonds is 6. The van der Waals surface area contributed by atoms with Crippen molar-refractivity contribution in [3.05, 3.63) is 76.9 Å². The fourth-order valence-electron chi connectivity index (χ4n) is 3.14. The van der Waals surface area contributed by atoms with E-state index in [0.717, 1.165) is 10.9 Å². The maximum absolute atomic E-state index is 12.5. The van der Waals surface area contributed by atoms with Crippen molar-refractivity contribution in [3.8, 4) is 6.07 Å². The molecule has 1 N–H and O–H groups in total. The maximum Gasteiger partial charge on any atom is 0.244 e. The minimum absolute atomic E-state index is 0.0340. The van der Waals surface area contributed by atoms with Gasteiger partial charge in [-0.3, -0.25) is 4.79 Å². The normalized spacial score (nSPS) is 11.3. The van der Waals surface area contributed by atoms with E-state index in [1.807, 2.05) is 24.3 Å². The van der Waals surface area contributed by atoms with E-state index in [1.54, 1.807) is 34.5 Å². The Hall–Kier alpha value is -3.48. The minimum Gasteiger partial charge on any atom is -0.337 e. The number of aromatic nitrogens is 2. The molecule has 0 bridgehead atoms. The monoisotopic (exact) mass is 436 g/mol. The second-order valence-corrected chi connectivity index (χ2v) is 9.53. The van der Waals surface area contributed by atoms with Crippen LogP contribution < -0.4 is 5.32 Å². The molecule has 0 fully saturated rings. The van der Waals surface area contributed by atoms with Crippen molar-refractivity contribution >= 4 is 43.7 Å². The summed E-state index contributed by atoms with van der Waals surface area (Å²) in [5, 5.41) is 15.1. The van der Waals surface area contributed by atoms with Crippen LogP contribution in [0.4, 0.5) is 5.69 Å². The second-order valence-electron chi connectivity index (χ2n) is 6.56. The van der Waals surface area contributed by atoms with Gasteiger partial charge in [-0.2, -0.15) is 5.26 Å². The quantitative estimate of drug-likeness (QED) is 0.497. The average Bonchev–Trinajstić information content (AvgIpc) is 3.36. The van der Waals surface area contributed by atoms with Gasteiger partial charge in [0, 0.05) is 34.4 Å². The lowest BCUT2D eigenvalue weighted by Gasteiger charge is -2.08. The van der Waals surface area contributed by atoms with Gasteiger partial charge in [-0.05, 0) is 30.3 Å². The SMILES string of the molecule is N#Cc1cn(CC(=O)Nc2ccc(S(=O)(=O)Cc3nccs3)cc2)c2ccccc12. The lowest BCUT2D eigenvalue weighted by molar-refractivity contribution is -0.116. The van der Waals surface area contributed by atoms with Crippen LogP contribution in [0, 0.1) is 11.3 Å². The van der Waals surface area contributed by atoms with Crippen LogP contribution in [0.3, 0.4) is 0 Å². The zero-order chi connectivity index (χ0) is 21.1. The summed E-state index contributed by atoms with van der Waals surface area (Å²) >= 11 is 1.29. The molecule has 0 saturated carbocycles. The molecule has 0 atom stereocenters. The third kappa shape index (κ3) is 4.10. The molecule has 9 heteroatoms. The number of amides is 1. The smallest absolute Gasteiger partial charge is 0.244 e. The first-order valence-corrected chi connectivity index (χ1v) is 11.5. The van der Waals surface area contributed by atoms with Gasteiger partial charge in [0.25, 0.3) is 0 Å². The highest BCUT2D eigenvalue weighted by Gasteiger charge is 2.17. The lowest BCUT2D eigenvalue weighted by Crippen LogP contribution is -2.18. The van der Waals surface area contributed by atoms with Crippen molar-refractivity contribution in [3.63, 3.8) is 0 Å². The van der Waals surface area contributed by atoms with Crippen LogP contribution in [0.15, 0.2) is 71.2 Å². The van der Waals surface area contributed by atoms with Gasteiger partial charge in [-0.25, -0.2) is 13.4 Å². The second kappa shape index (κ2) is 8.10. The number of nitrogens with one attached hydrogen (secondary N) is 1. The van der Waals surface area contributed by atoms with E-state index in [9.17, 15) is 18.5 Å². The number of carbonyl (C=O) groups excluding carboxylic acids is 1. The largest absolute Gasteiger partial charge is 0.337 e. The molecule has 2 aromatic carbocycles. The standard InChI is InChI=1S/C21H16N4O3S2/c22-11-15-12-25(19-4-2-1-3-18(15)19)13-20(26)24-16-5-7-17(8-6-16)30(27,28)14-21-23-9-10-29-21/h1-10,12H,13-14H2,(H,24,26). The number of carbonyl (C=O) groups is 1. The molecule has 0 saturated heterocycles. The molecular formula is C21H16N4O3S2. The number of fused-ring (bicyclic) bond motifs is 1. The topological polar surface area (TPSA) is 105 Å². The Labute approximate surface area is 177 Å². The molecule has 0 unspecified atom stereocenters. The summed E-state index contributed by atoms with van der Waals surface area (Å²) in [7, 11) is -3.50. The zero-order valence-corrected chi connectivity index (χ0v) is 17.3. The van der Waals surface area contributed by atoms with Crippen molar-refractivity contribution in [2.75, 3.05) is 5.32 Å². The Bertz CT molecular complexity index is 1350. The highest BCUT2D eigenvalue weighted by molar-refractivity contribution is 7.90. The molecule has 2 aromatic heterocycles. The average molecular weight is 437 g/mol. The summed E-state index contributed by atoms with van der Waals surface area (Å²) in [6.45, 7) is 0.0340. The highest BCUT2D eigenvalue weighted by atomic mass is 32.2. The molecule has 0 aliphatic carbocycles. The van der Waals surface area contributed by atoms with E-state index >= 15 is 0 Å². The third-order valence-electron chi connectivity index (χ3n) is 4.52. The molecule has 0 spiro atoms. The summed E-state index contributed by atoms with van der Waals surface area (Å²) in [4.78, 5) is 16.7. The van der Waals surface area contributed by atoms with Crippen molar-refractivity contribution in [1.29, 1.82) is 5.26 Å².